The highest BCUT2D eigenvalue weighted by Crippen LogP contribution is 1.88. The van der Waals surface area contributed by atoms with Crippen molar-refractivity contribution in [2.45, 2.75) is 0 Å². The molecule has 0 radical (unpaired) electrons. The Morgan fingerprint density at radius 2 is 0.654 bits per heavy atom. The topological polar surface area (TPSA) is 108 Å². The molecule has 10 heteroatoms. The lowest BCUT2D eigenvalue weighted by Gasteiger charge is -2.09. The van der Waals surface area contributed by atoms with Crippen molar-refractivity contribution >= 4 is 11.9 Å². The quantitative estimate of drug-likeness (QED) is 0.495. The van der Waals surface area contributed by atoms with Crippen LogP contribution < -0.4 is 0 Å². The van der Waals surface area contributed by atoms with E-state index in [2.05, 4.69) is 0 Å². The summed E-state index contributed by atoms with van der Waals surface area (Å²) < 4.78 is 41.1. The summed E-state index contributed by atoms with van der Waals surface area (Å²) in [6, 6.07) is 0. The van der Waals surface area contributed by atoms with Gasteiger partial charge < -0.3 is 37.9 Å². The number of carbonyl (C=O) groups excluding carboxylic acids is 2. The fraction of sp³-hybridized carbons (Fsp3) is 0.875. The summed E-state index contributed by atoms with van der Waals surface area (Å²) in [6.07, 6.45) is 0. The van der Waals surface area contributed by atoms with Gasteiger partial charge in [-0.15, -0.1) is 0 Å². The molecule has 0 bridgehead atoms. The Morgan fingerprint density at radius 1 is 0.385 bits per heavy atom. The lowest BCUT2D eigenvalue weighted by Crippen LogP contribution is -2.20. The minimum Gasteiger partial charge on any atom is -0.462 e. The number of esters is 2. The third kappa shape index (κ3) is 15.0. The summed E-state index contributed by atoms with van der Waals surface area (Å²) >= 11 is 0. The Bertz CT molecular complexity index is 301. The van der Waals surface area contributed by atoms with Gasteiger partial charge in [-0.25, -0.2) is 9.59 Å². The Kier molecular flexibility index (Phi) is 15.0. The van der Waals surface area contributed by atoms with Crippen molar-refractivity contribution in [3.8, 4) is 0 Å². The van der Waals surface area contributed by atoms with E-state index in [9.17, 15) is 9.59 Å². The predicted octanol–water partition coefficient (Wildman–Crippen LogP) is -0.814. The van der Waals surface area contributed by atoms with E-state index in [0.29, 0.717) is 39.6 Å². The normalized spacial score (nSPS) is 22.6. The molecule has 152 valence electrons. The summed E-state index contributed by atoms with van der Waals surface area (Å²) in [6.45, 7) is 3.33. The molecule has 0 aromatic rings. The Hall–Kier alpha value is -1.30. The van der Waals surface area contributed by atoms with Crippen molar-refractivity contribution in [1.82, 2.24) is 0 Å². The maximum atomic E-state index is 11.4. The Labute approximate surface area is 152 Å². The molecule has 0 aromatic carbocycles. The summed E-state index contributed by atoms with van der Waals surface area (Å²) in [7, 11) is 0. The lowest BCUT2D eigenvalue weighted by atomic mass is 10.6. The molecule has 0 aromatic heterocycles. The standard InChI is InChI=1S/C16H28O10/c17-15-13-23-7-5-19-1-3-21-9-11-25-16(18)14-24-8-6-20-2-4-22-10-12-26-15/h1-14H2. The third-order valence-electron chi connectivity index (χ3n) is 2.91. The molecule has 26 heavy (non-hydrogen) atoms. The first-order chi connectivity index (χ1) is 12.8. The van der Waals surface area contributed by atoms with Crippen molar-refractivity contribution < 1.29 is 47.5 Å². The van der Waals surface area contributed by atoms with Crippen LogP contribution in [0.2, 0.25) is 0 Å². The molecule has 0 N–H and O–H groups in total. The predicted molar refractivity (Wildman–Crippen MR) is 86.8 cm³/mol. The second-order valence-electron chi connectivity index (χ2n) is 5.00. The molecular weight excluding hydrogens is 352 g/mol. The van der Waals surface area contributed by atoms with E-state index in [1.807, 2.05) is 0 Å². The van der Waals surface area contributed by atoms with Crippen LogP contribution >= 0.6 is 0 Å². The first-order valence-electron chi connectivity index (χ1n) is 8.57. The van der Waals surface area contributed by atoms with Gasteiger partial charge in [-0.1, -0.05) is 0 Å². The van der Waals surface area contributed by atoms with Gasteiger partial charge in [0.15, 0.2) is 0 Å². The van der Waals surface area contributed by atoms with Crippen molar-refractivity contribution in [2.24, 2.45) is 0 Å². The number of ether oxygens (including phenoxy) is 8. The molecule has 0 spiro atoms. The van der Waals surface area contributed by atoms with Gasteiger partial charge in [-0.2, -0.15) is 0 Å². The Morgan fingerprint density at radius 3 is 1.00 bits per heavy atom. The van der Waals surface area contributed by atoms with Crippen LogP contribution in [-0.4, -0.2) is 104 Å². The fourth-order valence-corrected chi connectivity index (χ4v) is 1.70. The van der Waals surface area contributed by atoms with Gasteiger partial charge in [0.2, 0.25) is 0 Å². The molecule has 0 aliphatic carbocycles. The highest BCUT2D eigenvalue weighted by molar-refractivity contribution is 5.70. The minimum atomic E-state index is -0.450. The average Bonchev–Trinajstić information content (AvgIpc) is 2.63. The summed E-state index contributed by atoms with van der Waals surface area (Å²) in [5, 5.41) is 0. The van der Waals surface area contributed by atoms with E-state index in [4.69, 9.17) is 37.9 Å². The molecule has 0 saturated carbocycles. The van der Waals surface area contributed by atoms with E-state index in [1.165, 1.54) is 0 Å². The number of rotatable bonds is 0. The second kappa shape index (κ2) is 17.1. The third-order valence-corrected chi connectivity index (χ3v) is 2.91. The maximum Gasteiger partial charge on any atom is 0.332 e. The zero-order valence-electron chi connectivity index (χ0n) is 15.0. The molecule has 1 heterocycles. The summed E-state index contributed by atoms with van der Waals surface area (Å²) in [5.41, 5.74) is 0. The number of carbonyl (C=O) groups is 2. The SMILES string of the molecule is O=C1COCCOCCOCCOC(=O)COCCOCCOCCO1. The van der Waals surface area contributed by atoms with Crippen LogP contribution in [0.1, 0.15) is 0 Å². The smallest absolute Gasteiger partial charge is 0.332 e. The van der Waals surface area contributed by atoms with Crippen LogP contribution in [0.4, 0.5) is 0 Å². The van der Waals surface area contributed by atoms with E-state index in [0.717, 1.165) is 0 Å². The monoisotopic (exact) mass is 380 g/mol. The molecule has 0 atom stereocenters. The lowest BCUT2D eigenvalue weighted by molar-refractivity contribution is -0.151. The van der Waals surface area contributed by atoms with Crippen LogP contribution in [0.25, 0.3) is 0 Å². The van der Waals surface area contributed by atoms with E-state index in [1.54, 1.807) is 0 Å². The molecule has 1 rings (SSSR count). The van der Waals surface area contributed by atoms with E-state index in [-0.39, 0.29) is 52.9 Å². The number of cyclic esters (lactones) is 2. The average molecular weight is 380 g/mol. The van der Waals surface area contributed by atoms with Gasteiger partial charge in [0, 0.05) is 0 Å². The maximum absolute atomic E-state index is 11.4. The highest BCUT2D eigenvalue weighted by Gasteiger charge is 2.04. The number of hydrogen-bond donors (Lipinski definition) is 0. The zero-order chi connectivity index (χ0) is 18.7. The molecule has 1 fully saturated rings. The minimum absolute atomic E-state index is 0.131. The summed E-state index contributed by atoms with van der Waals surface area (Å²) in [5.74, 6) is -0.899. The summed E-state index contributed by atoms with van der Waals surface area (Å²) in [4.78, 5) is 22.8. The van der Waals surface area contributed by atoms with Crippen molar-refractivity contribution in [3.05, 3.63) is 0 Å². The van der Waals surface area contributed by atoms with Gasteiger partial charge >= 0.3 is 11.9 Å². The van der Waals surface area contributed by atoms with E-state index < -0.39 is 11.9 Å². The van der Waals surface area contributed by atoms with Gasteiger partial charge in [-0.3, -0.25) is 0 Å². The number of hydrogen-bond acceptors (Lipinski definition) is 10. The molecule has 10 nitrogen and oxygen atoms in total. The van der Waals surface area contributed by atoms with Crippen LogP contribution in [0.15, 0.2) is 0 Å². The van der Waals surface area contributed by atoms with Crippen LogP contribution in [0.5, 0.6) is 0 Å². The van der Waals surface area contributed by atoms with Crippen molar-refractivity contribution in [2.75, 3.05) is 92.5 Å². The van der Waals surface area contributed by atoms with Crippen molar-refractivity contribution in [1.29, 1.82) is 0 Å². The van der Waals surface area contributed by atoms with Gasteiger partial charge in [-0.05, 0) is 0 Å². The van der Waals surface area contributed by atoms with Crippen LogP contribution in [0.3, 0.4) is 0 Å². The highest BCUT2D eigenvalue weighted by atomic mass is 16.6. The molecule has 1 aliphatic heterocycles. The molecule has 0 unspecified atom stereocenters. The molecule has 1 aliphatic rings. The Balaban J connectivity index is 2.15. The largest absolute Gasteiger partial charge is 0.462 e. The molecule has 0 amide bonds. The van der Waals surface area contributed by atoms with E-state index >= 15 is 0 Å². The molecule has 1 saturated heterocycles. The first-order valence-corrected chi connectivity index (χ1v) is 8.57. The van der Waals surface area contributed by atoms with Gasteiger partial charge in [0.1, 0.15) is 26.4 Å². The van der Waals surface area contributed by atoms with Crippen LogP contribution in [0, 0.1) is 0 Å². The van der Waals surface area contributed by atoms with Gasteiger partial charge in [0.05, 0.1) is 66.1 Å². The zero-order valence-corrected chi connectivity index (χ0v) is 15.0. The van der Waals surface area contributed by atoms with Gasteiger partial charge in [0.25, 0.3) is 0 Å². The van der Waals surface area contributed by atoms with Crippen LogP contribution in [-0.2, 0) is 47.5 Å². The van der Waals surface area contributed by atoms with Crippen molar-refractivity contribution in [3.63, 3.8) is 0 Å². The second-order valence-corrected chi connectivity index (χ2v) is 5.00. The fourth-order valence-electron chi connectivity index (χ4n) is 1.70. The molecular formula is C16H28O10. The first kappa shape index (κ1) is 22.7.